The van der Waals surface area contributed by atoms with E-state index in [1.807, 2.05) is 18.2 Å². The van der Waals surface area contributed by atoms with Gasteiger partial charge in [-0.15, -0.1) is 0 Å². The highest BCUT2D eigenvalue weighted by Gasteiger charge is 2.05. The summed E-state index contributed by atoms with van der Waals surface area (Å²) in [5.41, 5.74) is 3.16. The summed E-state index contributed by atoms with van der Waals surface area (Å²) in [7, 11) is 1.74. The lowest BCUT2D eigenvalue weighted by atomic mass is 10.1. The van der Waals surface area contributed by atoms with E-state index in [9.17, 15) is 4.79 Å². The van der Waals surface area contributed by atoms with Gasteiger partial charge in [0.25, 0.3) is 0 Å². The molecule has 0 aromatic heterocycles. The molecule has 2 rings (SSSR count). The van der Waals surface area contributed by atoms with Gasteiger partial charge < -0.3 is 10.2 Å². The lowest BCUT2D eigenvalue weighted by Gasteiger charge is -2.16. The van der Waals surface area contributed by atoms with Crippen LogP contribution in [0.15, 0.2) is 24.3 Å². The van der Waals surface area contributed by atoms with E-state index in [4.69, 9.17) is 0 Å². The van der Waals surface area contributed by atoms with Crippen LogP contribution in [-0.2, 0) is 4.79 Å². The van der Waals surface area contributed by atoms with Gasteiger partial charge in [0.1, 0.15) is 0 Å². The summed E-state index contributed by atoms with van der Waals surface area (Å²) in [5.74, 6) is 0. The average molecular weight is 188 g/mol. The molecule has 1 aliphatic rings. The molecule has 0 aliphatic carbocycles. The molecule has 1 N–H and O–H groups in total. The van der Waals surface area contributed by atoms with Crippen LogP contribution in [0.5, 0.6) is 0 Å². The number of carbonyl (C=O) groups is 1. The lowest BCUT2D eigenvalue weighted by Crippen LogP contribution is -2.14. The van der Waals surface area contributed by atoms with Gasteiger partial charge >= 0.3 is 0 Å². The van der Waals surface area contributed by atoms with Crippen LogP contribution in [0.2, 0.25) is 0 Å². The molecule has 0 saturated carbocycles. The molecule has 0 unspecified atom stereocenters. The predicted molar refractivity (Wildman–Crippen MR) is 58.4 cm³/mol. The van der Waals surface area contributed by atoms with E-state index >= 15 is 0 Å². The number of nitrogens with zero attached hydrogens (tertiary/aromatic N) is 1. The van der Waals surface area contributed by atoms with Crippen LogP contribution in [0, 0.1) is 0 Å². The van der Waals surface area contributed by atoms with E-state index in [2.05, 4.69) is 17.5 Å². The first-order valence-corrected chi connectivity index (χ1v) is 4.54. The van der Waals surface area contributed by atoms with Gasteiger partial charge in [-0.1, -0.05) is 12.2 Å². The highest BCUT2D eigenvalue weighted by Crippen LogP contribution is 2.25. The minimum absolute atomic E-state index is 0.807. The minimum atomic E-state index is 0.807. The highest BCUT2D eigenvalue weighted by molar-refractivity contribution is 5.80. The number of carbonyl (C=O) groups excluding carboxylic acids is 1. The van der Waals surface area contributed by atoms with E-state index in [0.29, 0.717) is 0 Å². The second kappa shape index (κ2) is 3.54. The summed E-state index contributed by atoms with van der Waals surface area (Å²) < 4.78 is 0. The normalized spacial score (nSPS) is 12.9. The number of fused-ring (bicyclic) bond motifs is 1. The average Bonchev–Trinajstić information content (AvgIpc) is 2.27. The maximum absolute atomic E-state index is 10.6. The number of benzene rings is 1. The quantitative estimate of drug-likeness (QED) is 0.717. The molecule has 1 aromatic rings. The summed E-state index contributed by atoms with van der Waals surface area (Å²) in [6.07, 6.45) is 4.93. The molecule has 3 nitrogen and oxygen atoms in total. The molecule has 0 bridgehead atoms. The van der Waals surface area contributed by atoms with Gasteiger partial charge in [0.05, 0.1) is 0 Å². The van der Waals surface area contributed by atoms with E-state index in [-0.39, 0.29) is 0 Å². The van der Waals surface area contributed by atoms with E-state index in [1.165, 1.54) is 0 Å². The number of amides is 1. The van der Waals surface area contributed by atoms with Crippen molar-refractivity contribution in [1.82, 2.24) is 0 Å². The SMILES string of the molecule is CN(C=O)c1ccc2c(c1)C=CCN2. The Morgan fingerprint density at radius 1 is 1.50 bits per heavy atom. The third-order valence-corrected chi connectivity index (χ3v) is 2.31. The number of hydrogen-bond acceptors (Lipinski definition) is 2. The van der Waals surface area contributed by atoms with Crippen molar-refractivity contribution in [3.8, 4) is 0 Å². The van der Waals surface area contributed by atoms with Gasteiger partial charge in [0.15, 0.2) is 0 Å². The van der Waals surface area contributed by atoms with Crippen LogP contribution in [0.25, 0.3) is 6.08 Å². The Morgan fingerprint density at radius 3 is 3.14 bits per heavy atom. The van der Waals surface area contributed by atoms with Gasteiger partial charge in [0.2, 0.25) is 6.41 Å². The number of hydrogen-bond donors (Lipinski definition) is 1. The first-order valence-electron chi connectivity index (χ1n) is 4.54. The van der Waals surface area contributed by atoms with Crippen molar-refractivity contribution in [1.29, 1.82) is 0 Å². The maximum atomic E-state index is 10.6. The second-order valence-electron chi connectivity index (χ2n) is 3.27. The summed E-state index contributed by atoms with van der Waals surface area (Å²) in [6.45, 7) is 0.871. The zero-order chi connectivity index (χ0) is 9.97. The van der Waals surface area contributed by atoms with E-state index in [0.717, 1.165) is 29.9 Å². The zero-order valence-electron chi connectivity index (χ0n) is 8.03. The van der Waals surface area contributed by atoms with Crippen molar-refractivity contribution in [2.24, 2.45) is 0 Å². The molecule has 1 heterocycles. The Kier molecular flexibility index (Phi) is 2.23. The predicted octanol–water partition coefficient (Wildman–Crippen LogP) is 1.72. The monoisotopic (exact) mass is 188 g/mol. The molecule has 0 fully saturated rings. The molecule has 14 heavy (non-hydrogen) atoms. The molecule has 3 heteroatoms. The largest absolute Gasteiger partial charge is 0.381 e. The maximum Gasteiger partial charge on any atom is 0.213 e. The number of anilines is 2. The minimum Gasteiger partial charge on any atom is -0.381 e. The van der Waals surface area contributed by atoms with Crippen molar-refractivity contribution in [3.05, 3.63) is 29.8 Å². The summed E-state index contributed by atoms with van der Waals surface area (Å²) in [5, 5.41) is 3.25. The van der Waals surface area contributed by atoms with Crippen LogP contribution < -0.4 is 10.2 Å². The van der Waals surface area contributed by atoms with Gasteiger partial charge in [-0.2, -0.15) is 0 Å². The number of rotatable bonds is 2. The molecule has 0 spiro atoms. The fraction of sp³-hybridized carbons (Fsp3) is 0.182. The lowest BCUT2D eigenvalue weighted by molar-refractivity contribution is -0.107. The van der Waals surface area contributed by atoms with Crippen LogP contribution in [-0.4, -0.2) is 20.0 Å². The first kappa shape index (κ1) is 8.81. The summed E-state index contributed by atoms with van der Waals surface area (Å²) in [4.78, 5) is 12.1. The Balaban J connectivity index is 2.39. The topological polar surface area (TPSA) is 32.3 Å². The Labute approximate surface area is 83.0 Å². The molecule has 0 atom stereocenters. The molecule has 72 valence electrons. The van der Waals surface area contributed by atoms with E-state index in [1.54, 1.807) is 11.9 Å². The molecular weight excluding hydrogens is 176 g/mol. The molecule has 1 aromatic carbocycles. The van der Waals surface area contributed by atoms with Crippen LogP contribution in [0.4, 0.5) is 11.4 Å². The Hall–Kier alpha value is -1.77. The zero-order valence-corrected chi connectivity index (χ0v) is 8.03. The standard InChI is InChI=1S/C11H12N2O/c1-13(8-14)10-4-5-11-9(7-10)3-2-6-12-11/h2-5,7-8,12H,6H2,1H3. The molecule has 1 amide bonds. The Morgan fingerprint density at radius 2 is 2.36 bits per heavy atom. The molecular formula is C11H12N2O. The van der Waals surface area contributed by atoms with Crippen molar-refractivity contribution in [3.63, 3.8) is 0 Å². The van der Waals surface area contributed by atoms with Crippen LogP contribution in [0.1, 0.15) is 5.56 Å². The third kappa shape index (κ3) is 1.48. The number of nitrogens with one attached hydrogen (secondary N) is 1. The van der Waals surface area contributed by atoms with Crippen molar-refractivity contribution in [2.75, 3.05) is 23.8 Å². The van der Waals surface area contributed by atoms with Gasteiger partial charge in [0, 0.05) is 25.0 Å². The second-order valence-corrected chi connectivity index (χ2v) is 3.27. The summed E-state index contributed by atoms with van der Waals surface area (Å²) >= 11 is 0. The smallest absolute Gasteiger partial charge is 0.213 e. The first-order chi connectivity index (χ1) is 6.81. The third-order valence-electron chi connectivity index (χ3n) is 2.31. The van der Waals surface area contributed by atoms with E-state index < -0.39 is 0 Å². The highest BCUT2D eigenvalue weighted by atomic mass is 16.1. The van der Waals surface area contributed by atoms with Crippen molar-refractivity contribution < 1.29 is 4.79 Å². The molecule has 1 aliphatic heterocycles. The fourth-order valence-corrected chi connectivity index (χ4v) is 1.48. The van der Waals surface area contributed by atoms with Crippen molar-refractivity contribution in [2.45, 2.75) is 0 Å². The molecule has 0 saturated heterocycles. The fourth-order valence-electron chi connectivity index (χ4n) is 1.48. The molecule has 0 radical (unpaired) electrons. The Bertz CT molecular complexity index is 385. The van der Waals surface area contributed by atoms with Gasteiger partial charge in [-0.25, -0.2) is 0 Å². The summed E-state index contributed by atoms with van der Waals surface area (Å²) in [6, 6.07) is 5.92. The van der Waals surface area contributed by atoms with Crippen molar-refractivity contribution >= 4 is 23.9 Å². The van der Waals surface area contributed by atoms with Gasteiger partial charge in [-0.3, -0.25) is 4.79 Å². The van der Waals surface area contributed by atoms with Crippen LogP contribution in [0.3, 0.4) is 0 Å². The van der Waals surface area contributed by atoms with Gasteiger partial charge in [-0.05, 0) is 23.8 Å². The van der Waals surface area contributed by atoms with Crippen LogP contribution >= 0.6 is 0 Å².